The minimum Gasteiger partial charge on any atom is -0.378 e. The van der Waals surface area contributed by atoms with Gasteiger partial charge in [-0.25, -0.2) is 4.98 Å². The van der Waals surface area contributed by atoms with E-state index in [1.54, 1.807) is 0 Å². The van der Waals surface area contributed by atoms with Gasteiger partial charge in [-0.05, 0) is 41.7 Å². The minimum absolute atomic E-state index is 0.271. The van der Waals surface area contributed by atoms with E-state index in [0.717, 1.165) is 72.7 Å². The van der Waals surface area contributed by atoms with Gasteiger partial charge in [0.25, 0.3) is 0 Å². The van der Waals surface area contributed by atoms with Gasteiger partial charge in [-0.1, -0.05) is 49.6 Å². The zero-order chi connectivity index (χ0) is 21.0. The van der Waals surface area contributed by atoms with Crippen LogP contribution in [0.3, 0.4) is 0 Å². The number of Topliss-reactive ketones (excluding diaryl/α,β-unsaturated/α-hetero) is 1. The second-order valence-electron chi connectivity index (χ2n) is 8.71. The Hall–Kier alpha value is -2.79. The molecule has 3 aromatic rings. The van der Waals surface area contributed by atoms with Crippen LogP contribution in [-0.4, -0.2) is 42.1 Å². The molecule has 0 radical (unpaired) electrons. The Kier molecular flexibility index (Phi) is 5.94. The molecule has 0 N–H and O–H groups in total. The highest BCUT2D eigenvalue weighted by atomic mass is 16.5. The van der Waals surface area contributed by atoms with Crippen molar-refractivity contribution in [2.75, 3.05) is 31.2 Å². The fourth-order valence-electron chi connectivity index (χ4n) is 4.71. The Morgan fingerprint density at radius 3 is 2.45 bits per heavy atom. The first-order chi connectivity index (χ1) is 15.3. The molecule has 5 nitrogen and oxygen atoms in total. The molecule has 5 rings (SSSR count). The molecule has 1 saturated heterocycles. The predicted molar refractivity (Wildman–Crippen MR) is 123 cm³/mol. The van der Waals surface area contributed by atoms with Crippen LogP contribution in [0.15, 0.2) is 48.7 Å². The third-order valence-electron chi connectivity index (χ3n) is 6.59. The van der Waals surface area contributed by atoms with Crippen LogP contribution < -0.4 is 4.90 Å². The number of anilines is 1. The number of morpholine rings is 1. The number of benzene rings is 2. The van der Waals surface area contributed by atoms with Crippen LogP contribution >= 0.6 is 0 Å². The van der Waals surface area contributed by atoms with Gasteiger partial charge < -0.3 is 9.64 Å². The van der Waals surface area contributed by atoms with Crippen molar-refractivity contribution in [2.24, 2.45) is 5.92 Å². The number of ketones is 1. The summed E-state index contributed by atoms with van der Waals surface area (Å²) in [5.41, 5.74) is 5.16. The van der Waals surface area contributed by atoms with Crippen molar-refractivity contribution in [1.29, 1.82) is 0 Å². The van der Waals surface area contributed by atoms with Crippen molar-refractivity contribution in [2.45, 2.75) is 38.5 Å². The minimum atomic E-state index is 0.271. The Morgan fingerprint density at radius 2 is 1.68 bits per heavy atom. The molecule has 31 heavy (non-hydrogen) atoms. The predicted octanol–water partition coefficient (Wildman–Crippen LogP) is 4.83. The molecule has 2 heterocycles. The lowest BCUT2D eigenvalue weighted by Crippen LogP contribution is -2.36. The average Bonchev–Trinajstić information content (AvgIpc) is 2.85. The number of hydrogen-bond acceptors (Lipinski definition) is 5. The van der Waals surface area contributed by atoms with Crippen LogP contribution in [0.1, 0.15) is 37.7 Å². The number of fused-ring (bicyclic) bond motifs is 1. The largest absolute Gasteiger partial charge is 0.378 e. The summed E-state index contributed by atoms with van der Waals surface area (Å²) in [6.07, 6.45) is 8.23. The number of rotatable bonds is 5. The van der Waals surface area contributed by atoms with Crippen LogP contribution in [-0.2, 0) is 16.0 Å². The first-order valence-corrected chi connectivity index (χ1v) is 11.5. The van der Waals surface area contributed by atoms with Crippen LogP contribution in [0.2, 0.25) is 0 Å². The van der Waals surface area contributed by atoms with E-state index in [1.807, 2.05) is 12.3 Å². The fraction of sp³-hybridized carbons (Fsp3) is 0.423. The van der Waals surface area contributed by atoms with Crippen LogP contribution in [0.25, 0.3) is 22.2 Å². The maximum atomic E-state index is 12.6. The molecule has 1 aliphatic carbocycles. The van der Waals surface area contributed by atoms with Crippen LogP contribution in [0.4, 0.5) is 5.82 Å². The van der Waals surface area contributed by atoms with Gasteiger partial charge in [-0.3, -0.25) is 9.78 Å². The summed E-state index contributed by atoms with van der Waals surface area (Å²) in [7, 11) is 0. The molecule has 1 aliphatic heterocycles. The van der Waals surface area contributed by atoms with Crippen molar-refractivity contribution in [1.82, 2.24) is 9.97 Å². The second-order valence-corrected chi connectivity index (χ2v) is 8.71. The molecule has 0 spiro atoms. The summed E-state index contributed by atoms with van der Waals surface area (Å²) < 4.78 is 5.44. The molecule has 1 saturated carbocycles. The van der Waals surface area contributed by atoms with Gasteiger partial charge in [0.2, 0.25) is 0 Å². The first kappa shape index (κ1) is 20.1. The van der Waals surface area contributed by atoms with E-state index < -0.39 is 0 Å². The molecule has 2 aliphatic rings. The highest BCUT2D eigenvalue weighted by molar-refractivity contribution is 5.84. The highest BCUT2D eigenvalue weighted by Gasteiger charge is 2.21. The number of carbonyl (C=O) groups excluding carboxylic acids is 1. The summed E-state index contributed by atoms with van der Waals surface area (Å²) in [6, 6.07) is 14.6. The van der Waals surface area contributed by atoms with Crippen LogP contribution in [0, 0.1) is 5.92 Å². The molecular weight excluding hydrogens is 386 g/mol. The Labute approximate surface area is 183 Å². The number of carbonyl (C=O) groups is 1. The lowest BCUT2D eigenvalue weighted by molar-refractivity contribution is -0.123. The second kappa shape index (κ2) is 9.15. The molecule has 0 bridgehead atoms. The fourth-order valence-corrected chi connectivity index (χ4v) is 4.71. The number of nitrogens with zero attached hydrogens (tertiary/aromatic N) is 3. The zero-order valence-electron chi connectivity index (χ0n) is 17.9. The number of hydrogen-bond donors (Lipinski definition) is 0. The van der Waals surface area contributed by atoms with Crippen molar-refractivity contribution in [3.05, 3.63) is 54.2 Å². The summed E-state index contributed by atoms with van der Waals surface area (Å²) in [4.78, 5) is 24.3. The topological polar surface area (TPSA) is 55.3 Å². The standard InChI is InChI=1S/C26H29N3O2/c30-25(21-4-2-1-3-5-21)16-19-6-8-20(9-7-19)22-10-11-23-24(17-22)28-26(18-27-23)29-12-14-31-15-13-29/h6-11,17-18,21H,1-5,12-16H2. The van der Waals surface area contributed by atoms with Crippen molar-refractivity contribution in [3.63, 3.8) is 0 Å². The van der Waals surface area contributed by atoms with Crippen molar-refractivity contribution in [3.8, 4) is 11.1 Å². The van der Waals surface area contributed by atoms with E-state index in [2.05, 4.69) is 46.3 Å². The van der Waals surface area contributed by atoms with E-state index in [0.29, 0.717) is 12.2 Å². The molecule has 160 valence electrons. The van der Waals surface area contributed by atoms with Gasteiger partial charge >= 0.3 is 0 Å². The normalized spacial score (nSPS) is 17.7. The third-order valence-corrected chi connectivity index (χ3v) is 6.59. The zero-order valence-corrected chi connectivity index (χ0v) is 17.9. The first-order valence-electron chi connectivity index (χ1n) is 11.5. The van der Waals surface area contributed by atoms with Gasteiger partial charge in [0.1, 0.15) is 11.6 Å². The maximum absolute atomic E-state index is 12.6. The monoisotopic (exact) mass is 415 g/mol. The van der Waals surface area contributed by atoms with E-state index >= 15 is 0 Å². The SMILES string of the molecule is O=C(Cc1ccc(-c2ccc3ncc(N4CCOCC4)nc3c2)cc1)C1CCCCC1. The Balaban J connectivity index is 1.33. The van der Waals surface area contributed by atoms with Gasteiger partial charge in [0.15, 0.2) is 0 Å². The van der Waals surface area contributed by atoms with E-state index in [9.17, 15) is 4.79 Å². The third kappa shape index (κ3) is 4.62. The maximum Gasteiger partial charge on any atom is 0.148 e. The summed E-state index contributed by atoms with van der Waals surface area (Å²) >= 11 is 0. The smallest absolute Gasteiger partial charge is 0.148 e. The lowest BCUT2D eigenvalue weighted by atomic mass is 9.84. The highest BCUT2D eigenvalue weighted by Crippen LogP contribution is 2.27. The quantitative estimate of drug-likeness (QED) is 0.598. The molecular formula is C26H29N3O2. The number of aromatic nitrogens is 2. The molecule has 5 heteroatoms. The summed E-state index contributed by atoms with van der Waals surface area (Å²) in [5.74, 6) is 1.58. The Bertz CT molecular complexity index is 1050. The molecule has 2 fully saturated rings. The number of ether oxygens (including phenoxy) is 1. The van der Waals surface area contributed by atoms with Gasteiger partial charge in [0, 0.05) is 25.4 Å². The molecule has 1 aromatic heterocycles. The van der Waals surface area contributed by atoms with Crippen molar-refractivity contribution >= 4 is 22.6 Å². The molecule has 2 aromatic carbocycles. The summed E-state index contributed by atoms with van der Waals surface area (Å²) in [5, 5.41) is 0. The molecule has 0 amide bonds. The van der Waals surface area contributed by atoms with Gasteiger partial charge in [0.05, 0.1) is 30.4 Å². The van der Waals surface area contributed by atoms with Gasteiger partial charge in [-0.15, -0.1) is 0 Å². The van der Waals surface area contributed by atoms with Crippen molar-refractivity contribution < 1.29 is 9.53 Å². The average molecular weight is 416 g/mol. The van der Waals surface area contributed by atoms with E-state index in [-0.39, 0.29) is 5.92 Å². The summed E-state index contributed by atoms with van der Waals surface area (Å²) in [6.45, 7) is 3.16. The van der Waals surface area contributed by atoms with E-state index in [4.69, 9.17) is 9.72 Å². The molecule has 0 atom stereocenters. The molecule has 0 unspecified atom stereocenters. The Morgan fingerprint density at radius 1 is 0.935 bits per heavy atom. The van der Waals surface area contributed by atoms with Crippen LogP contribution in [0.5, 0.6) is 0 Å². The van der Waals surface area contributed by atoms with E-state index in [1.165, 1.54) is 19.3 Å². The van der Waals surface area contributed by atoms with Gasteiger partial charge in [-0.2, -0.15) is 0 Å². The lowest BCUT2D eigenvalue weighted by Gasteiger charge is -2.27.